The average molecular weight is 319 g/mol. The standard InChI is InChI=1S/C13H25N3O2S2/c1-4-8-16(5-2)9-7-15-20(17,18)13-6-10-19-12(13)11-14-3/h6,10,14-15H,4-5,7-9,11H2,1-3H3. The number of hydrogen-bond donors (Lipinski definition) is 2. The Bertz CT molecular complexity index is 486. The van der Waals surface area contributed by atoms with Crippen molar-refractivity contribution in [2.24, 2.45) is 0 Å². The van der Waals surface area contributed by atoms with Crippen LogP contribution in [0.1, 0.15) is 25.1 Å². The number of hydrogen-bond acceptors (Lipinski definition) is 5. The fourth-order valence-corrected chi connectivity index (χ4v) is 4.49. The number of sulfonamides is 1. The molecule has 0 fully saturated rings. The van der Waals surface area contributed by atoms with Gasteiger partial charge in [-0.15, -0.1) is 11.3 Å². The largest absolute Gasteiger partial charge is 0.315 e. The zero-order valence-electron chi connectivity index (χ0n) is 12.5. The summed E-state index contributed by atoms with van der Waals surface area (Å²) in [4.78, 5) is 3.49. The molecule has 0 aliphatic carbocycles. The predicted molar refractivity (Wildman–Crippen MR) is 84.7 cm³/mol. The zero-order valence-corrected chi connectivity index (χ0v) is 14.1. The number of thiophene rings is 1. The first-order valence-electron chi connectivity index (χ1n) is 6.98. The number of nitrogens with one attached hydrogen (secondary N) is 2. The van der Waals surface area contributed by atoms with E-state index in [1.807, 2.05) is 12.4 Å². The minimum atomic E-state index is -3.39. The minimum absolute atomic E-state index is 0.399. The van der Waals surface area contributed by atoms with Crippen molar-refractivity contribution in [3.05, 3.63) is 16.3 Å². The maximum atomic E-state index is 12.3. The molecule has 0 aromatic carbocycles. The molecule has 0 aliphatic heterocycles. The lowest BCUT2D eigenvalue weighted by Gasteiger charge is -2.19. The van der Waals surface area contributed by atoms with E-state index in [-0.39, 0.29) is 0 Å². The van der Waals surface area contributed by atoms with Gasteiger partial charge >= 0.3 is 0 Å². The number of rotatable bonds is 10. The third-order valence-electron chi connectivity index (χ3n) is 3.04. The first-order chi connectivity index (χ1) is 9.55. The van der Waals surface area contributed by atoms with Crippen LogP contribution in [0.15, 0.2) is 16.3 Å². The highest BCUT2D eigenvalue weighted by atomic mass is 32.2. The molecule has 0 saturated heterocycles. The first-order valence-corrected chi connectivity index (χ1v) is 9.34. The van der Waals surface area contributed by atoms with Crippen LogP contribution < -0.4 is 10.0 Å². The van der Waals surface area contributed by atoms with Gasteiger partial charge in [-0.2, -0.15) is 0 Å². The van der Waals surface area contributed by atoms with Crippen molar-refractivity contribution in [1.29, 1.82) is 0 Å². The van der Waals surface area contributed by atoms with Crippen molar-refractivity contribution < 1.29 is 8.42 Å². The Hall–Kier alpha value is -0.470. The van der Waals surface area contributed by atoms with Gasteiger partial charge in [0, 0.05) is 24.5 Å². The molecule has 1 rings (SSSR count). The molecule has 5 nitrogen and oxygen atoms in total. The Balaban J connectivity index is 2.59. The van der Waals surface area contributed by atoms with E-state index in [1.165, 1.54) is 11.3 Å². The van der Waals surface area contributed by atoms with E-state index in [1.54, 1.807) is 6.07 Å². The second kappa shape index (κ2) is 8.74. The van der Waals surface area contributed by atoms with Crippen LogP contribution in [-0.2, 0) is 16.6 Å². The second-order valence-corrected chi connectivity index (χ2v) is 7.31. The molecule has 0 radical (unpaired) electrons. The fourth-order valence-electron chi connectivity index (χ4n) is 2.02. The summed E-state index contributed by atoms with van der Waals surface area (Å²) in [7, 11) is -1.58. The monoisotopic (exact) mass is 319 g/mol. The van der Waals surface area contributed by atoms with E-state index in [4.69, 9.17) is 0 Å². The molecule has 2 N–H and O–H groups in total. The lowest BCUT2D eigenvalue weighted by molar-refractivity contribution is 0.293. The summed E-state index contributed by atoms with van der Waals surface area (Å²) in [5.74, 6) is 0. The molecule has 1 heterocycles. The lowest BCUT2D eigenvalue weighted by Crippen LogP contribution is -2.35. The smallest absolute Gasteiger partial charge is 0.241 e. The Morgan fingerprint density at radius 1 is 1.30 bits per heavy atom. The summed E-state index contributed by atoms with van der Waals surface area (Å²) in [6.07, 6.45) is 1.08. The molecular weight excluding hydrogens is 294 g/mol. The quantitative estimate of drug-likeness (QED) is 0.686. The zero-order chi connectivity index (χ0) is 15.0. The molecule has 0 amide bonds. The van der Waals surface area contributed by atoms with E-state index >= 15 is 0 Å². The van der Waals surface area contributed by atoms with Crippen molar-refractivity contribution in [1.82, 2.24) is 14.9 Å². The summed E-state index contributed by atoms with van der Waals surface area (Å²) < 4.78 is 27.2. The third kappa shape index (κ3) is 5.14. The van der Waals surface area contributed by atoms with Gasteiger partial charge in [-0.3, -0.25) is 0 Å². The van der Waals surface area contributed by atoms with Crippen LogP contribution in [0.2, 0.25) is 0 Å². The Morgan fingerprint density at radius 2 is 2.05 bits per heavy atom. The van der Waals surface area contributed by atoms with E-state index in [9.17, 15) is 8.42 Å². The van der Waals surface area contributed by atoms with Crippen LogP contribution in [0.3, 0.4) is 0 Å². The van der Waals surface area contributed by atoms with Crippen molar-refractivity contribution in [3.63, 3.8) is 0 Å². The SMILES string of the molecule is CCCN(CC)CCNS(=O)(=O)c1ccsc1CNC. The maximum Gasteiger partial charge on any atom is 0.241 e. The van der Waals surface area contributed by atoms with Crippen LogP contribution >= 0.6 is 11.3 Å². The molecule has 0 saturated carbocycles. The third-order valence-corrected chi connectivity index (χ3v) is 5.63. The molecule has 0 spiro atoms. The van der Waals surface area contributed by atoms with E-state index in [0.29, 0.717) is 18.0 Å². The highest BCUT2D eigenvalue weighted by Gasteiger charge is 2.19. The molecule has 116 valence electrons. The van der Waals surface area contributed by atoms with Gasteiger partial charge in [0.2, 0.25) is 10.0 Å². The van der Waals surface area contributed by atoms with Crippen LogP contribution in [0, 0.1) is 0 Å². The average Bonchev–Trinajstić information content (AvgIpc) is 2.87. The Labute approximate surface area is 126 Å². The summed E-state index contributed by atoms with van der Waals surface area (Å²) >= 11 is 1.46. The molecule has 0 atom stereocenters. The molecule has 7 heteroatoms. The normalized spacial score (nSPS) is 12.2. The molecule has 0 aliphatic rings. The maximum absolute atomic E-state index is 12.3. The second-order valence-electron chi connectivity index (χ2n) is 4.57. The van der Waals surface area contributed by atoms with Crippen molar-refractivity contribution in [3.8, 4) is 0 Å². The first kappa shape index (κ1) is 17.6. The molecule has 1 aromatic heterocycles. The van der Waals surface area contributed by atoms with E-state index < -0.39 is 10.0 Å². The van der Waals surface area contributed by atoms with E-state index in [2.05, 4.69) is 28.8 Å². The number of nitrogens with zero attached hydrogens (tertiary/aromatic N) is 1. The molecule has 1 aromatic rings. The van der Waals surface area contributed by atoms with Crippen LogP contribution in [0.4, 0.5) is 0 Å². The van der Waals surface area contributed by atoms with Crippen molar-refractivity contribution >= 4 is 21.4 Å². The van der Waals surface area contributed by atoms with Gasteiger partial charge in [0.25, 0.3) is 0 Å². The molecular formula is C13H25N3O2S2. The molecule has 0 unspecified atom stereocenters. The van der Waals surface area contributed by atoms with Crippen LogP contribution in [0.5, 0.6) is 0 Å². The summed E-state index contributed by atoms with van der Waals surface area (Å²) in [5, 5.41) is 4.81. The van der Waals surface area contributed by atoms with Gasteiger partial charge in [-0.05, 0) is 38.0 Å². The van der Waals surface area contributed by atoms with Gasteiger partial charge in [-0.25, -0.2) is 13.1 Å². The van der Waals surface area contributed by atoms with Gasteiger partial charge in [0.05, 0.1) is 4.90 Å². The Morgan fingerprint density at radius 3 is 2.65 bits per heavy atom. The van der Waals surface area contributed by atoms with Gasteiger partial charge in [0.1, 0.15) is 0 Å². The summed E-state index contributed by atoms with van der Waals surface area (Å²) in [6, 6.07) is 1.67. The highest BCUT2D eigenvalue weighted by molar-refractivity contribution is 7.89. The molecule has 20 heavy (non-hydrogen) atoms. The van der Waals surface area contributed by atoms with E-state index in [0.717, 1.165) is 30.9 Å². The minimum Gasteiger partial charge on any atom is -0.315 e. The summed E-state index contributed by atoms with van der Waals surface area (Å²) in [6.45, 7) is 7.93. The van der Waals surface area contributed by atoms with Gasteiger partial charge in [-0.1, -0.05) is 13.8 Å². The lowest BCUT2D eigenvalue weighted by atomic mass is 10.4. The topological polar surface area (TPSA) is 61.4 Å². The van der Waals surface area contributed by atoms with Crippen LogP contribution in [0.25, 0.3) is 0 Å². The van der Waals surface area contributed by atoms with Crippen molar-refractivity contribution in [2.45, 2.75) is 31.7 Å². The number of likely N-dealkylation sites (N-methyl/N-ethyl adjacent to an activating group) is 1. The van der Waals surface area contributed by atoms with Gasteiger partial charge in [0.15, 0.2) is 0 Å². The fraction of sp³-hybridized carbons (Fsp3) is 0.692. The van der Waals surface area contributed by atoms with Crippen LogP contribution in [-0.4, -0.2) is 46.5 Å². The van der Waals surface area contributed by atoms with Gasteiger partial charge < -0.3 is 10.2 Å². The summed E-state index contributed by atoms with van der Waals surface area (Å²) in [5.41, 5.74) is 0. The predicted octanol–water partition coefficient (Wildman–Crippen LogP) is 1.48. The molecule has 0 bridgehead atoms. The Kier molecular flexibility index (Phi) is 7.68. The van der Waals surface area contributed by atoms with Crippen molar-refractivity contribution in [2.75, 3.05) is 33.2 Å². The highest BCUT2D eigenvalue weighted by Crippen LogP contribution is 2.21.